The molecule has 0 unspecified atom stereocenters. The van der Waals surface area contributed by atoms with Gasteiger partial charge in [0.25, 0.3) is 0 Å². The van der Waals surface area contributed by atoms with Crippen LogP contribution in [0.4, 0.5) is 0 Å². The normalized spacial score (nSPS) is 11.9. The van der Waals surface area contributed by atoms with E-state index in [1.165, 1.54) is 48.2 Å². The van der Waals surface area contributed by atoms with Gasteiger partial charge in [0.05, 0.1) is 0 Å². The number of hydrogen-bond acceptors (Lipinski definition) is 1. The van der Waals surface area contributed by atoms with Gasteiger partial charge in [-0.2, -0.15) is 0 Å². The van der Waals surface area contributed by atoms with Gasteiger partial charge in [-0.3, -0.25) is 0 Å². The number of fused-ring (bicyclic) bond motifs is 3. The summed E-state index contributed by atoms with van der Waals surface area (Å²) in [6.07, 6.45) is 0. The van der Waals surface area contributed by atoms with E-state index in [-0.39, 0.29) is 0 Å². The van der Waals surface area contributed by atoms with Gasteiger partial charge in [0, 0.05) is 22.0 Å². The number of rotatable bonds is 3. The van der Waals surface area contributed by atoms with E-state index in [9.17, 15) is 0 Å². The molecule has 0 aliphatic heterocycles. The van der Waals surface area contributed by atoms with Crippen molar-refractivity contribution >= 4 is 66.1 Å². The molecule has 0 saturated carbocycles. The molecule has 32 heavy (non-hydrogen) atoms. The zero-order chi connectivity index (χ0) is 21.5. The van der Waals surface area contributed by atoms with Crippen molar-refractivity contribution in [2.24, 2.45) is 0 Å². The maximum absolute atomic E-state index is 6.89. The van der Waals surface area contributed by atoms with Crippen molar-refractivity contribution in [1.82, 2.24) is 0 Å². The first-order valence-corrected chi connectivity index (χ1v) is 13.6. The van der Waals surface area contributed by atoms with Crippen LogP contribution < -0.4 is 15.9 Å². The van der Waals surface area contributed by atoms with Crippen LogP contribution in [-0.2, 0) is 11.8 Å². The molecular weight excluding hydrogens is 423 g/mol. The lowest BCUT2D eigenvalue weighted by atomic mass is 10.1. The van der Waals surface area contributed by atoms with Gasteiger partial charge in [-0.25, -0.2) is 0 Å². The van der Waals surface area contributed by atoms with Crippen LogP contribution >= 0.6 is 6.04 Å². The van der Waals surface area contributed by atoms with Crippen molar-refractivity contribution < 1.29 is 0 Å². The highest BCUT2D eigenvalue weighted by Crippen LogP contribution is 2.48. The molecule has 2 heteroatoms. The molecule has 0 radical (unpaired) electrons. The van der Waals surface area contributed by atoms with Crippen LogP contribution in [0, 0.1) is 0 Å². The van der Waals surface area contributed by atoms with Crippen molar-refractivity contribution in [3.05, 3.63) is 127 Å². The fourth-order valence-electron chi connectivity index (χ4n) is 4.84. The predicted molar refractivity (Wildman–Crippen MR) is 145 cm³/mol. The second-order valence-corrected chi connectivity index (χ2v) is 12.4. The van der Waals surface area contributed by atoms with Crippen LogP contribution in [0.2, 0.25) is 0 Å². The third-order valence-corrected chi connectivity index (χ3v) is 11.3. The molecule has 0 nitrogen and oxygen atoms in total. The number of hydrogen-bond donors (Lipinski definition) is 0. The molecule has 152 valence electrons. The Kier molecular flexibility index (Phi) is 4.68. The first-order chi connectivity index (χ1) is 15.8. The Morgan fingerprint density at radius 2 is 0.625 bits per heavy atom. The molecule has 0 aromatic heterocycles. The summed E-state index contributed by atoms with van der Waals surface area (Å²) in [6.45, 7) is 0. The summed E-state index contributed by atoms with van der Waals surface area (Å²) >= 11 is 6.89. The van der Waals surface area contributed by atoms with Crippen molar-refractivity contribution in [2.45, 2.75) is 0 Å². The molecule has 0 amide bonds. The van der Waals surface area contributed by atoms with Gasteiger partial charge >= 0.3 is 0 Å². The summed E-state index contributed by atoms with van der Waals surface area (Å²) in [6, 6.07) is 43.3. The van der Waals surface area contributed by atoms with Crippen molar-refractivity contribution in [2.75, 3.05) is 0 Å². The van der Waals surface area contributed by atoms with Gasteiger partial charge in [-0.15, -0.1) is 0 Å². The molecule has 0 spiro atoms. The molecule has 0 N–H and O–H groups in total. The molecular formula is C30H21PS. The highest BCUT2D eigenvalue weighted by molar-refractivity contribution is 8.26. The largest absolute Gasteiger partial charge is 0.0825 e. The third-order valence-electron chi connectivity index (χ3n) is 6.32. The molecule has 6 aromatic carbocycles. The van der Waals surface area contributed by atoms with Crippen molar-refractivity contribution in [3.8, 4) is 0 Å². The topological polar surface area (TPSA) is 0 Å². The monoisotopic (exact) mass is 444 g/mol. The average molecular weight is 445 g/mol. The molecule has 0 saturated heterocycles. The molecule has 0 fully saturated rings. The fraction of sp³-hybridized carbons (Fsp3) is 0. The first kappa shape index (κ1) is 19.4. The van der Waals surface area contributed by atoms with E-state index in [0.717, 1.165) is 0 Å². The summed E-state index contributed by atoms with van der Waals surface area (Å²) < 4.78 is 0. The minimum absolute atomic E-state index is 1.24. The van der Waals surface area contributed by atoms with Gasteiger partial charge in [-0.1, -0.05) is 139 Å². The van der Waals surface area contributed by atoms with E-state index in [4.69, 9.17) is 11.8 Å². The Hall–Kier alpha value is -3.25. The van der Waals surface area contributed by atoms with Crippen LogP contribution in [0.25, 0.3) is 32.3 Å². The molecule has 6 rings (SSSR count). The lowest BCUT2D eigenvalue weighted by Crippen LogP contribution is -2.26. The fourth-order valence-corrected chi connectivity index (χ4v) is 9.57. The van der Waals surface area contributed by atoms with Crippen LogP contribution in [0.3, 0.4) is 0 Å². The smallest absolute Gasteiger partial charge is 0.0397 e. The third kappa shape index (κ3) is 2.93. The highest BCUT2D eigenvalue weighted by atomic mass is 32.4. The van der Waals surface area contributed by atoms with Gasteiger partial charge in [0.15, 0.2) is 0 Å². The summed E-state index contributed by atoms with van der Waals surface area (Å²) in [7, 11) is 0. The van der Waals surface area contributed by atoms with E-state index < -0.39 is 6.04 Å². The standard InChI is InChI=1S/C30H21PS/c32-31(28-19-7-13-22-10-1-4-16-25(22)28,29-20-8-14-23-11-2-5-17-26(23)29)30-21-9-15-24-12-3-6-18-27(24)30/h1-21H. The lowest BCUT2D eigenvalue weighted by molar-refractivity contribution is 1.76. The molecule has 0 atom stereocenters. The number of benzene rings is 6. The molecule has 0 heterocycles. The summed E-state index contributed by atoms with van der Waals surface area (Å²) in [4.78, 5) is 0. The zero-order valence-corrected chi connectivity index (χ0v) is 19.2. The average Bonchev–Trinajstić information content (AvgIpc) is 2.87. The van der Waals surface area contributed by atoms with Crippen molar-refractivity contribution in [3.63, 3.8) is 0 Å². The second-order valence-electron chi connectivity index (χ2n) is 8.10. The maximum atomic E-state index is 6.89. The van der Waals surface area contributed by atoms with Crippen LogP contribution in [-0.4, -0.2) is 0 Å². The van der Waals surface area contributed by atoms with E-state index >= 15 is 0 Å². The van der Waals surface area contributed by atoms with Crippen LogP contribution in [0.1, 0.15) is 0 Å². The second kappa shape index (κ2) is 7.71. The summed E-state index contributed by atoms with van der Waals surface area (Å²) in [5.41, 5.74) is 0. The minimum atomic E-state index is -2.38. The van der Waals surface area contributed by atoms with E-state index in [1.807, 2.05) is 0 Å². The Balaban J connectivity index is 1.82. The lowest BCUT2D eigenvalue weighted by Gasteiger charge is -2.28. The molecule has 0 aliphatic rings. The van der Waals surface area contributed by atoms with Gasteiger partial charge in [0.1, 0.15) is 0 Å². The van der Waals surface area contributed by atoms with Gasteiger partial charge in [0.2, 0.25) is 0 Å². The molecule has 0 bridgehead atoms. The van der Waals surface area contributed by atoms with E-state index in [1.54, 1.807) is 0 Å². The zero-order valence-electron chi connectivity index (χ0n) is 17.5. The minimum Gasteiger partial charge on any atom is -0.0825 e. The summed E-state index contributed by atoms with van der Waals surface area (Å²) in [5.74, 6) is 0. The van der Waals surface area contributed by atoms with Crippen LogP contribution in [0.5, 0.6) is 0 Å². The predicted octanol–water partition coefficient (Wildman–Crippen LogP) is 6.90. The van der Waals surface area contributed by atoms with Gasteiger partial charge < -0.3 is 0 Å². The Labute approximate surface area is 193 Å². The van der Waals surface area contributed by atoms with Gasteiger partial charge in [-0.05, 0) is 32.3 Å². The first-order valence-electron chi connectivity index (χ1n) is 10.8. The maximum Gasteiger partial charge on any atom is 0.0397 e. The van der Waals surface area contributed by atoms with E-state index in [2.05, 4.69) is 127 Å². The SMILES string of the molecule is S=P(c1cccc2ccccc12)(c1cccc2ccccc12)c1cccc2ccccc12. The summed E-state index contributed by atoms with van der Waals surface area (Å²) in [5, 5.41) is 11.2. The van der Waals surface area contributed by atoms with E-state index in [0.29, 0.717) is 0 Å². The highest BCUT2D eigenvalue weighted by Gasteiger charge is 2.29. The van der Waals surface area contributed by atoms with Crippen molar-refractivity contribution in [1.29, 1.82) is 0 Å². The van der Waals surface area contributed by atoms with Crippen LogP contribution in [0.15, 0.2) is 127 Å². The quantitative estimate of drug-likeness (QED) is 0.268. The Bertz CT molecular complexity index is 1450. The Morgan fingerprint density at radius 3 is 0.969 bits per heavy atom. The Morgan fingerprint density at radius 1 is 0.344 bits per heavy atom. The molecule has 6 aromatic rings. The molecule has 0 aliphatic carbocycles.